The fourth-order valence-electron chi connectivity index (χ4n) is 5.72. The summed E-state index contributed by atoms with van der Waals surface area (Å²) in [6, 6.07) is 24.7. The van der Waals surface area contributed by atoms with E-state index in [2.05, 4.69) is 17.6 Å². The zero-order valence-corrected chi connectivity index (χ0v) is 30.0. The monoisotopic (exact) mass is 704 g/mol. The van der Waals surface area contributed by atoms with Crippen molar-refractivity contribution in [3.05, 3.63) is 119 Å². The Hall–Kier alpha value is -5.90. The molecule has 5 aromatic rings. The third kappa shape index (κ3) is 9.66. The Morgan fingerprint density at radius 3 is 2.19 bits per heavy atom. The van der Waals surface area contributed by atoms with Crippen molar-refractivity contribution in [3.63, 3.8) is 0 Å². The summed E-state index contributed by atoms with van der Waals surface area (Å²) in [5.41, 5.74) is 3.20. The van der Waals surface area contributed by atoms with Crippen LogP contribution in [0.3, 0.4) is 0 Å². The van der Waals surface area contributed by atoms with Crippen molar-refractivity contribution in [1.29, 1.82) is 0 Å². The van der Waals surface area contributed by atoms with Crippen LogP contribution in [0.15, 0.2) is 95.4 Å². The number of Topliss-reactive ketones (excluding diaryl/α,β-unsaturated/α-hetero) is 1. The SMILES string of the molecule is CCCCCCCOc1ccc(C(=O)Oc2ccc(CC(NC(=O)c3ccc(NC(=O)c4oc5ccccc5c4C)cc3)C(C)=O)cc2OC)cc1. The van der Waals surface area contributed by atoms with Crippen molar-refractivity contribution in [3.8, 4) is 17.2 Å². The molecule has 10 nitrogen and oxygen atoms in total. The van der Waals surface area contributed by atoms with Crippen molar-refractivity contribution in [2.45, 2.75) is 65.3 Å². The van der Waals surface area contributed by atoms with Gasteiger partial charge in [0.15, 0.2) is 23.0 Å². The first-order valence-electron chi connectivity index (χ1n) is 17.5. The summed E-state index contributed by atoms with van der Waals surface area (Å²) in [5, 5.41) is 6.46. The molecule has 0 spiro atoms. The molecule has 0 aliphatic heterocycles. The first-order chi connectivity index (χ1) is 25.2. The van der Waals surface area contributed by atoms with Gasteiger partial charge in [0.1, 0.15) is 11.3 Å². The molecule has 0 fully saturated rings. The first-order valence-corrected chi connectivity index (χ1v) is 17.5. The number of para-hydroxylation sites is 1. The molecule has 1 unspecified atom stereocenters. The zero-order valence-electron chi connectivity index (χ0n) is 30.0. The number of furan rings is 1. The van der Waals surface area contributed by atoms with Crippen LogP contribution in [0.4, 0.5) is 5.69 Å². The van der Waals surface area contributed by atoms with E-state index in [0.717, 1.165) is 23.8 Å². The average molecular weight is 705 g/mol. The predicted octanol–water partition coefficient (Wildman–Crippen LogP) is 8.50. The number of rotatable bonds is 17. The Kier molecular flexibility index (Phi) is 12.8. The van der Waals surface area contributed by atoms with Crippen LogP contribution >= 0.6 is 0 Å². The molecule has 4 aromatic carbocycles. The smallest absolute Gasteiger partial charge is 0.343 e. The van der Waals surface area contributed by atoms with Gasteiger partial charge in [-0.15, -0.1) is 0 Å². The lowest BCUT2D eigenvalue weighted by molar-refractivity contribution is -0.118. The van der Waals surface area contributed by atoms with Crippen molar-refractivity contribution in [2.24, 2.45) is 0 Å². The molecule has 52 heavy (non-hydrogen) atoms. The van der Waals surface area contributed by atoms with Gasteiger partial charge >= 0.3 is 5.97 Å². The number of aryl methyl sites for hydroxylation is 1. The van der Waals surface area contributed by atoms with Crippen molar-refractivity contribution in [1.82, 2.24) is 5.32 Å². The van der Waals surface area contributed by atoms with E-state index < -0.39 is 23.8 Å². The Balaban J connectivity index is 1.15. The molecule has 10 heteroatoms. The molecule has 1 atom stereocenters. The Bertz CT molecular complexity index is 2010. The Labute approximate surface area is 303 Å². The summed E-state index contributed by atoms with van der Waals surface area (Å²) in [7, 11) is 1.46. The number of ether oxygens (including phenoxy) is 3. The highest BCUT2D eigenvalue weighted by molar-refractivity contribution is 6.06. The van der Waals surface area contributed by atoms with Gasteiger partial charge in [0.05, 0.1) is 25.3 Å². The van der Waals surface area contributed by atoms with E-state index in [9.17, 15) is 19.2 Å². The summed E-state index contributed by atoms with van der Waals surface area (Å²) < 4.78 is 22.7. The summed E-state index contributed by atoms with van der Waals surface area (Å²) in [5.74, 6) is -0.217. The predicted molar refractivity (Wildman–Crippen MR) is 200 cm³/mol. The van der Waals surface area contributed by atoms with Gasteiger partial charge in [0, 0.05) is 22.2 Å². The molecule has 2 amide bonds. The second kappa shape index (κ2) is 17.8. The van der Waals surface area contributed by atoms with Crippen molar-refractivity contribution >= 4 is 40.2 Å². The number of methoxy groups -OCH3 is 1. The van der Waals surface area contributed by atoms with Crippen molar-refractivity contribution in [2.75, 3.05) is 19.0 Å². The standard InChI is InChI=1S/C42H44N2O8/c1-5-6-7-8-11-24-50-33-21-17-31(18-22-33)42(48)52-37-23-14-29(26-38(37)49-4)25-35(28(3)45)44-40(46)30-15-19-32(20-16-30)43-41(47)39-27(2)34-12-9-10-13-36(34)51-39/h9-10,12-23,26,35H,5-8,11,24-25H2,1-4H3,(H,43,47)(H,44,46). The van der Waals surface area contributed by atoms with E-state index in [4.69, 9.17) is 18.6 Å². The second-order valence-electron chi connectivity index (χ2n) is 12.6. The molecular weight excluding hydrogens is 660 g/mol. The van der Waals surface area contributed by atoms with Gasteiger partial charge < -0.3 is 29.3 Å². The highest BCUT2D eigenvalue weighted by Crippen LogP contribution is 2.30. The summed E-state index contributed by atoms with van der Waals surface area (Å²) in [4.78, 5) is 51.6. The minimum atomic E-state index is -0.835. The number of fused-ring (bicyclic) bond motifs is 1. The van der Waals surface area contributed by atoms with Gasteiger partial charge in [0.25, 0.3) is 11.8 Å². The van der Waals surface area contributed by atoms with Gasteiger partial charge in [-0.05, 0) is 99.0 Å². The first kappa shape index (κ1) is 37.4. The zero-order chi connectivity index (χ0) is 37.0. The number of benzene rings is 4. The highest BCUT2D eigenvalue weighted by atomic mass is 16.6. The van der Waals surface area contributed by atoms with E-state index >= 15 is 0 Å². The summed E-state index contributed by atoms with van der Waals surface area (Å²) in [6.45, 7) is 6.04. The molecule has 0 radical (unpaired) electrons. The van der Waals surface area contributed by atoms with Gasteiger partial charge in [-0.2, -0.15) is 0 Å². The quantitative estimate of drug-likeness (QED) is 0.0559. The molecule has 2 N–H and O–H groups in total. The Morgan fingerprint density at radius 2 is 1.50 bits per heavy atom. The van der Waals surface area contributed by atoms with Crippen LogP contribution in [0.1, 0.15) is 88.3 Å². The van der Waals surface area contributed by atoms with E-state index in [1.807, 2.05) is 25.1 Å². The topological polar surface area (TPSA) is 133 Å². The van der Waals surface area contributed by atoms with E-state index in [0.29, 0.717) is 46.1 Å². The molecule has 0 aliphatic rings. The molecular formula is C42H44N2O8. The van der Waals surface area contributed by atoms with E-state index in [1.165, 1.54) is 33.3 Å². The highest BCUT2D eigenvalue weighted by Gasteiger charge is 2.22. The molecule has 270 valence electrons. The lowest BCUT2D eigenvalue weighted by atomic mass is 10.0. The molecule has 0 saturated carbocycles. The Morgan fingerprint density at radius 1 is 0.788 bits per heavy atom. The molecule has 1 aromatic heterocycles. The lowest BCUT2D eigenvalue weighted by Crippen LogP contribution is -2.41. The van der Waals surface area contributed by atoms with E-state index in [-0.39, 0.29) is 23.7 Å². The molecule has 0 saturated heterocycles. The third-order valence-corrected chi connectivity index (χ3v) is 8.73. The molecule has 0 bridgehead atoms. The van der Waals surface area contributed by atoms with Crippen LogP contribution < -0.4 is 24.8 Å². The van der Waals surface area contributed by atoms with Crippen molar-refractivity contribution < 1.29 is 37.8 Å². The fraction of sp³-hybridized carbons (Fsp3) is 0.286. The second-order valence-corrected chi connectivity index (χ2v) is 12.6. The van der Waals surface area contributed by atoms with Crippen LogP contribution in [0.25, 0.3) is 11.0 Å². The molecule has 5 rings (SSSR count). The minimum Gasteiger partial charge on any atom is -0.494 e. The normalized spacial score (nSPS) is 11.5. The number of anilines is 1. The van der Waals surface area contributed by atoms with Gasteiger partial charge in [-0.25, -0.2) is 4.79 Å². The van der Waals surface area contributed by atoms with Gasteiger partial charge in [-0.1, -0.05) is 56.9 Å². The van der Waals surface area contributed by atoms with Crippen LogP contribution in [-0.2, 0) is 11.2 Å². The van der Waals surface area contributed by atoms with Crippen LogP contribution in [0, 0.1) is 6.92 Å². The van der Waals surface area contributed by atoms with Crippen LogP contribution in [0.2, 0.25) is 0 Å². The molecule has 0 aliphatic carbocycles. The van der Waals surface area contributed by atoms with Crippen LogP contribution in [-0.4, -0.2) is 43.3 Å². The van der Waals surface area contributed by atoms with Crippen LogP contribution in [0.5, 0.6) is 17.2 Å². The number of unbranched alkanes of at least 4 members (excludes halogenated alkanes) is 4. The average Bonchev–Trinajstić information content (AvgIpc) is 3.49. The maximum Gasteiger partial charge on any atom is 0.343 e. The summed E-state index contributed by atoms with van der Waals surface area (Å²) in [6.07, 6.45) is 5.93. The van der Waals surface area contributed by atoms with Gasteiger partial charge in [0.2, 0.25) is 0 Å². The maximum atomic E-state index is 13.1. The fourth-order valence-corrected chi connectivity index (χ4v) is 5.72. The number of carbonyl (C=O) groups excluding carboxylic acids is 4. The summed E-state index contributed by atoms with van der Waals surface area (Å²) >= 11 is 0. The molecule has 1 heterocycles. The number of hydrogen-bond acceptors (Lipinski definition) is 8. The van der Waals surface area contributed by atoms with Gasteiger partial charge in [-0.3, -0.25) is 14.4 Å². The lowest BCUT2D eigenvalue weighted by Gasteiger charge is -2.17. The number of amides is 2. The largest absolute Gasteiger partial charge is 0.494 e. The maximum absolute atomic E-state index is 13.1. The number of nitrogens with one attached hydrogen (secondary N) is 2. The number of ketones is 1. The number of esters is 1. The number of carbonyl (C=O) groups is 4. The minimum absolute atomic E-state index is 0.177. The third-order valence-electron chi connectivity index (χ3n) is 8.73. The van der Waals surface area contributed by atoms with E-state index in [1.54, 1.807) is 72.8 Å². The number of hydrogen-bond donors (Lipinski definition) is 2.